The van der Waals surface area contributed by atoms with Gasteiger partial charge in [0.1, 0.15) is 12.1 Å². The van der Waals surface area contributed by atoms with Crippen LogP contribution >= 0.6 is 11.6 Å². The van der Waals surface area contributed by atoms with Gasteiger partial charge in [-0.2, -0.15) is 0 Å². The standard InChI is InChI=1S/C21H24ClN3O4/c1-21(2,3)29-20(28)24-13-18(26)23-12-14-6-4-9-17(10-14)25-19(27)15-7-5-8-16(22)11-15/h4-11H,12-13H2,1-3H3,(H,23,26)(H,24,28)(H,25,27). The second-order valence-electron chi connectivity index (χ2n) is 7.30. The van der Waals surface area contributed by atoms with E-state index in [-0.39, 0.29) is 24.9 Å². The summed E-state index contributed by atoms with van der Waals surface area (Å²) in [6.07, 6.45) is -0.654. The molecule has 3 amide bonds. The molecule has 2 aromatic rings. The molecule has 154 valence electrons. The molecule has 0 fully saturated rings. The zero-order valence-electron chi connectivity index (χ0n) is 16.5. The number of benzene rings is 2. The smallest absolute Gasteiger partial charge is 0.408 e. The first-order chi connectivity index (χ1) is 13.6. The highest BCUT2D eigenvalue weighted by atomic mass is 35.5. The Hall–Kier alpha value is -3.06. The quantitative estimate of drug-likeness (QED) is 0.667. The molecule has 0 bridgehead atoms. The second-order valence-corrected chi connectivity index (χ2v) is 7.73. The zero-order valence-corrected chi connectivity index (χ0v) is 17.3. The number of alkyl carbamates (subject to hydrolysis) is 1. The molecular formula is C21H24ClN3O4. The number of amides is 3. The van der Waals surface area contributed by atoms with E-state index in [9.17, 15) is 14.4 Å². The molecule has 3 N–H and O–H groups in total. The van der Waals surface area contributed by atoms with Crippen molar-refractivity contribution >= 4 is 35.2 Å². The van der Waals surface area contributed by atoms with Gasteiger partial charge in [0.2, 0.25) is 5.91 Å². The van der Waals surface area contributed by atoms with Crippen molar-refractivity contribution in [1.29, 1.82) is 0 Å². The van der Waals surface area contributed by atoms with Gasteiger partial charge in [-0.05, 0) is 56.7 Å². The molecule has 0 atom stereocenters. The summed E-state index contributed by atoms with van der Waals surface area (Å²) in [5.41, 5.74) is 1.20. The molecule has 0 saturated heterocycles. The minimum Gasteiger partial charge on any atom is -0.444 e. The lowest BCUT2D eigenvalue weighted by molar-refractivity contribution is -0.120. The van der Waals surface area contributed by atoms with Crippen LogP contribution in [0.15, 0.2) is 48.5 Å². The van der Waals surface area contributed by atoms with Crippen molar-refractivity contribution in [2.45, 2.75) is 32.9 Å². The number of halogens is 1. The third kappa shape index (κ3) is 8.23. The normalized spacial score (nSPS) is 10.8. The maximum atomic E-state index is 12.3. The van der Waals surface area contributed by atoms with Crippen LogP contribution in [-0.4, -0.2) is 30.1 Å². The first-order valence-corrected chi connectivity index (χ1v) is 9.39. The van der Waals surface area contributed by atoms with Gasteiger partial charge in [-0.1, -0.05) is 29.8 Å². The lowest BCUT2D eigenvalue weighted by Gasteiger charge is -2.19. The number of carbonyl (C=O) groups excluding carboxylic acids is 3. The van der Waals surface area contributed by atoms with E-state index >= 15 is 0 Å². The monoisotopic (exact) mass is 417 g/mol. The van der Waals surface area contributed by atoms with Crippen LogP contribution in [0.3, 0.4) is 0 Å². The van der Waals surface area contributed by atoms with Crippen LogP contribution < -0.4 is 16.0 Å². The maximum Gasteiger partial charge on any atom is 0.408 e. The Kier molecular flexibility index (Phi) is 7.61. The molecule has 0 saturated carbocycles. The number of hydrogen-bond donors (Lipinski definition) is 3. The molecule has 29 heavy (non-hydrogen) atoms. The van der Waals surface area contributed by atoms with E-state index in [1.165, 1.54) is 0 Å². The van der Waals surface area contributed by atoms with E-state index in [1.807, 2.05) is 6.07 Å². The molecule has 8 heteroatoms. The molecular weight excluding hydrogens is 394 g/mol. The Bertz CT molecular complexity index is 893. The summed E-state index contributed by atoms with van der Waals surface area (Å²) in [6.45, 7) is 5.27. The molecule has 0 spiro atoms. The van der Waals surface area contributed by atoms with Crippen LogP contribution in [-0.2, 0) is 16.1 Å². The predicted molar refractivity (Wildman–Crippen MR) is 112 cm³/mol. The van der Waals surface area contributed by atoms with Crippen LogP contribution in [0.25, 0.3) is 0 Å². The van der Waals surface area contributed by atoms with Crippen molar-refractivity contribution in [2.24, 2.45) is 0 Å². The number of nitrogens with one attached hydrogen (secondary N) is 3. The van der Waals surface area contributed by atoms with E-state index < -0.39 is 11.7 Å². The fourth-order valence-corrected chi connectivity index (χ4v) is 2.51. The lowest BCUT2D eigenvalue weighted by Crippen LogP contribution is -2.39. The second kappa shape index (κ2) is 9.93. The van der Waals surface area contributed by atoms with Crippen molar-refractivity contribution in [3.8, 4) is 0 Å². The van der Waals surface area contributed by atoms with Crippen LogP contribution in [0.5, 0.6) is 0 Å². The molecule has 0 aromatic heterocycles. The van der Waals surface area contributed by atoms with Crippen molar-refractivity contribution in [3.05, 3.63) is 64.7 Å². The summed E-state index contributed by atoms with van der Waals surface area (Å²) >= 11 is 5.91. The van der Waals surface area contributed by atoms with Crippen LogP contribution in [0.4, 0.5) is 10.5 Å². The molecule has 0 aliphatic heterocycles. The van der Waals surface area contributed by atoms with E-state index in [1.54, 1.807) is 63.2 Å². The van der Waals surface area contributed by atoms with Crippen molar-refractivity contribution < 1.29 is 19.1 Å². The predicted octanol–water partition coefficient (Wildman–Crippen LogP) is 3.73. The number of carbonyl (C=O) groups is 3. The van der Waals surface area contributed by atoms with Gasteiger partial charge in [0.25, 0.3) is 5.91 Å². The third-order valence-corrected chi connectivity index (χ3v) is 3.79. The van der Waals surface area contributed by atoms with Gasteiger partial charge in [0.05, 0.1) is 0 Å². The van der Waals surface area contributed by atoms with Gasteiger partial charge >= 0.3 is 6.09 Å². The topological polar surface area (TPSA) is 96.5 Å². The van der Waals surface area contributed by atoms with Gasteiger partial charge in [-0.15, -0.1) is 0 Å². The third-order valence-electron chi connectivity index (χ3n) is 3.55. The first kappa shape index (κ1) is 22.2. The van der Waals surface area contributed by atoms with Crippen LogP contribution in [0, 0.1) is 0 Å². The highest BCUT2D eigenvalue weighted by Crippen LogP contribution is 2.15. The molecule has 2 aromatic carbocycles. The van der Waals surface area contributed by atoms with Gasteiger partial charge in [0, 0.05) is 22.8 Å². The fourth-order valence-electron chi connectivity index (χ4n) is 2.32. The number of rotatable bonds is 6. The fraction of sp³-hybridized carbons (Fsp3) is 0.286. The van der Waals surface area contributed by atoms with Crippen molar-refractivity contribution in [1.82, 2.24) is 10.6 Å². The minimum absolute atomic E-state index is 0.194. The van der Waals surface area contributed by atoms with E-state index in [0.717, 1.165) is 5.56 Å². The molecule has 0 aliphatic carbocycles. The van der Waals surface area contributed by atoms with E-state index in [4.69, 9.17) is 16.3 Å². The van der Waals surface area contributed by atoms with Gasteiger partial charge < -0.3 is 20.7 Å². The van der Waals surface area contributed by atoms with Gasteiger partial charge in [0.15, 0.2) is 0 Å². The molecule has 2 rings (SSSR count). The summed E-state index contributed by atoms with van der Waals surface area (Å²) in [7, 11) is 0. The molecule has 0 aliphatic rings. The summed E-state index contributed by atoms with van der Waals surface area (Å²) < 4.78 is 5.07. The Morgan fingerprint density at radius 1 is 1.00 bits per heavy atom. The highest BCUT2D eigenvalue weighted by Gasteiger charge is 2.16. The lowest BCUT2D eigenvalue weighted by atomic mass is 10.1. The molecule has 0 heterocycles. The summed E-state index contributed by atoms with van der Waals surface area (Å²) in [6, 6.07) is 13.7. The summed E-state index contributed by atoms with van der Waals surface area (Å²) in [5, 5.41) is 8.36. The summed E-state index contributed by atoms with van der Waals surface area (Å²) in [5.74, 6) is -0.639. The van der Waals surface area contributed by atoms with Crippen LogP contribution in [0.2, 0.25) is 5.02 Å². The average Bonchev–Trinajstić information content (AvgIpc) is 2.63. The Morgan fingerprint density at radius 3 is 2.41 bits per heavy atom. The van der Waals surface area contributed by atoms with Crippen LogP contribution in [0.1, 0.15) is 36.7 Å². The maximum absolute atomic E-state index is 12.3. The van der Waals surface area contributed by atoms with E-state index in [0.29, 0.717) is 16.3 Å². The molecule has 7 nitrogen and oxygen atoms in total. The van der Waals surface area contributed by atoms with Crippen molar-refractivity contribution in [3.63, 3.8) is 0 Å². The average molecular weight is 418 g/mol. The van der Waals surface area contributed by atoms with E-state index in [2.05, 4.69) is 16.0 Å². The largest absolute Gasteiger partial charge is 0.444 e. The number of anilines is 1. The Morgan fingerprint density at radius 2 is 1.72 bits per heavy atom. The summed E-state index contributed by atoms with van der Waals surface area (Å²) in [4.78, 5) is 35.8. The van der Waals surface area contributed by atoms with Crippen molar-refractivity contribution in [2.75, 3.05) is 11.9 Å². The first-order valence-electron chi connectivity index (χ1n) is 9.02. The molecule has 0 radical (unpaired) electrons. The SMILES string of the molecule is CC(C)(C)OC(=O)NCC(=O)NCc1cccc(NC(=O)c2cccc(Cl)c2)c1. The number of hydrogen-bond acceptors (Lipinski definition) is 4. The van der Waals surface area contributed by atoms with Gasteiger partial charge in [-0.25, -0.2) is 4.79 Å². The zero-order chi connectivity index (χ0) is 21.4. The minimum atomic E-state index is -0.654. The van der Waals surface area contributed by atoms with Gasteiger partial charge in [-0.3, -0.25) is 9.59 Å². The molecule has 0 unspecified atom stereocenters. The Labute approximate surface area is 174 Å². The highest BCUT2D eigenvalue weighted by molar-refractivity contribution is 6.31. The Balaban J connectivity index is 1.84. The number of ether oxygens (including phenoxy) is 1.